The Morgan fingerprint density at radius 2 is 1.94 bits per heavy atom. The minimum absolute atomic E-state index is 0.0920. The van der Waals surface area contributed by atoms with E-state index >= 15 is 0 Å². The van der Waals surface area contributed by atoms with Crippen molar-refractivity contribution in [2.45, 2.75) is 31.2 Å². The van der Waals surface area contributed by atoms with Crippen molar-refractivity contribution in [2.24, 2.45) is 0 Å². The fourth-order valence-corrected chi connectivity index (χ4v) is 4.39. The van der Waals surface area contributed by atoms with Crippen LogP contribution in [0.5, 0.6) is 0 Å². The second-order valence-corrected chi connectivity index (χ2v) is 8.80. The highest BCUT2D eigenvalue weighted by Crippen LogP contribution is 2.57. The lowest BCUT2D eigenvalue weighted by Crippen LogP contribution is -2.37. The van der Waals surface area contributed by atoms with Gasteiger partial charge in [-0.05, 0) is 43.5 Å². The Balaban J connectivity index is 1.48. The maximum atomic E-state index is 14.1. The molecule has 6 nitrogen and oxygen atoms in total. The summed E-state index contributed by atoms with van der Waals surface area (Å²) in [6, 6.07) is 12.1. The molecule has 0 bridgehead atoms. The summed E-state index contributed by atoms with van der Waals surface area (Å²) < 4.78 is 14.1. The third-order valence-corrected chi connectivity index (χ3v) is 6.73. The van der Waals surface area contributed by atoms with Gasteiger partial charge in [0.1, 0.15) is 5.82 Å². The van der Waals surface area contributed by atoms with E-state index in [4.69, 9.17) is 0 Å². The first kappa shape index (κ1) is 20.6. The highest BCUT2D eigenvalue weighted by atomic mass is 19.1. The zero-order valence-electron chi connectivity index (χ0n) is 18.1. The van der Waals surface area contributed by atoms with Gasteiger partial charge in [0.25, 0.3) is 5.91 Å². The second kappa shape index (κ2) is 7.67. The molecule has 1 aliphatic carbocycles. The number of carbonyl (C=O) groups is 1. The van der Waals surface area contributed by atoms with Crippen molar-refractivity contribution < 1.29 is 14.3 Å². The smallest absolute Gasteiger partial charge is 0.253 e. The summed E-state index contributed by atoms with van der Waals surface area (Å²) in [5.41, 5.74) is 3.90. The van der Waals surface area contributed by atoms with Crippen LogP contribution in [0.25, 0.3) is 11.1 Å². The number of aromatic nitrogens is 2. The lowest BCUT2D eigenvalue weighted by atomic mass is 9.97. The van der Waals surface area contributed by atoms with Crippen LogP contribution >= 0.6 is 0 Å². The van der Waals surface area contributed by atoms with Crippen LogP contribution in [0, 0.1) is 5.82 Å². The van der Waals surface area contributed by atoms with Crippen molar-refractivity contribution in [1.29, 1.82) is 0 Å². The molecule has 2 aromatic carbocycles. The standard InChI is InChI=1S/C25H25FN4O2/c1-16(14-31)29(2)23(32)17-7-8-20-22(11-17)30(15-25(20)9-10-25)24-27-12-18(13-28-24)19-5-3-4-6-21(19)26/h3-8,11-13,16,31H,9-10,14-15H2,1-2H3. The summed E-state index contributed by atoms with van der Waals surface area (Å²) in [4.78, 5) is 25.6. The van der Waals surface area contributed by atoms with Crippen LogP contribution in [0.15, 0.2) is 54.9 Å². The van der Waals surface area contributed by atoms with Gasteiger partial charge >= 0.3 is 0 Å². The molecule has 1 atom stereocenters. The van der Waals surface area contributed by atoms with E-state index in [2.05, 4.69) is 14.9 Å². The Hall–Kier alpha value is -3.32. The van der Waals surface area contributed by atoms with Crippen molar-refractivity contribution in [3.05, 3.63) is 71.8 Å². The van der Waals surface area contributed by atoms with E-state index in [-0.39, 0.29) is 29.8 Å². The van der Waals surface area contributed by atoms with Gasteiger partial charge in [-0.3, -0.25) is 4.79 Å². The quantitative estimate of drug-likeness (QED) is 0.662. The van der Waals surface area contributed by atoms with E-state index in [1.165, 1.54) is 11.6 Å². The molecule has 1 spiro atoms. The number of anilines is 2. The highest BCUT2D eigenvalue weighted by Gasteiger charge is 2.52. The Labute approximate surface area is 186 Å². The van der Waals surface area contributed by atoms with E-state index in [0.717, 1.165) is 25.1 Å². The summed E-state index contributed by atoms with van der Waals surface area (Å²) in [5, 5.41) is 9.40. The van der Waals surface area contributed by atoms with Gasteiger partial charge in [-0.25, -0.2) is 14.4 Å². The first-order valence-corrected chi connectivity index (χ1v) is 10.8. The van der Waals surface area contributed by atoms with Crippen molar-refractivity contribution in [2.75, 3.05) is 25.1 Å². The van der Waals surface area contributed by atoms with Gasteiger partial charge in [-0.15, -0.1) is 0 Å². The first-order chi connectivity index (χ1) is 15.4. The topological polar surface area (TPSA) is 69.6 Å². The zero-order chi connectivity index (χ0) is 22.5. The molecule has 0 radical (unpaired) electrons. The molecule has 1 aromatic heterocycles. The Morgan fingerprint density at radius 1 is 1.22 bits per heavy atom. The molecule has 1 unspecified atom stereocenters. The minimum Gasteiger partial charge on any atom is -0.394 e. The summed E-state index contributed by atoms with van der Waals surface area (Å²) in [7, 11) is 1.70. The Morgan fingerprint density at radius 3 is 2.59 bits per heavy atom. The SMILES string of the molecule is CC(CO)N(C)C(=O)c1ccc2c(c1)N(c1ncc(-c3ccccc3F)cn1)CC21CC1. The molecule has 1 amide bonds. The Kier molecular flexibility index (Phi) is 4.93. The van der Waals surface area contributed by atoms with Gasteiger partial charge in [0.2, 0.25) is 5.95 Å². The third-order valence-electron chi connectivity index (χ3n) is 6.73. The molecular formula is C25H25FN4O2. The van der Waals surface area contributed by atoms with Crippen molar-refractivity contribution in [3.8, 4) is 11.1 Å². The van der Waals surface area contributed by atoms with Gasteiger partial charge in [0.05, 0.1) is 12.6 Å². The second-order valence-electron chi connectivity index (χ2n) is 8.80. The normalized spacial score (nSPS) is 16.7. The highest BCUT2D eigenvalue weighted by molar-refractivity contribution is 5.96. The number of aliphatic hydroxyl groups excluding tert-OH is 1. The van der Waals surface area contributed by atoms with E-state index in [9.17, 15) is 14.3 Å². The van der Waals surface area contributed by atoms with E-state index < -0.39 is 0 Å². The van der Waals surface area contributed by atoms with Gasteiger partial charge in [-0.2, -0.15) is 0 Å². The van der Waals surface area contributed by atoms with Gasteiger partial charge < -0.3 is 14.9 Å². The number of hydrogen-bond acceptors (Lipinski definition) is 5. The molecule has 1 aliphatic heterocycles. The molecule has 2 aliphatic rings. The van der Waals surface area contributed by atoms with Crippen molar-refractivity contribution >= 4 is 17.5 Å². The van der Waals surface area contributed by atoms with E-state index in [1.807, 2.05) is 25.1 Å². The largest absolute Gasteiger partial charge is 0.394 e. The number of nitrogens with zero attached hydrogens (tertiary/aromatic N) is 4. The zero-order valence-corrected chi connectivity index (χ0v) is 18.1. The van der Waals surface area contributed by atoms with Crippen LogP contribution in [0.2, 0.25) is 0 Å². The third kappa shape index (κ3) is 3.33. The van der Waals surface area contributed by atoms with E-state index in [0.29, 0.717) is 22.6 Å². The van der Waals surface area contributed by atoms with Crippen LogP contribution in [-0.4, -0.2) is 52.1 Å². The molecule has 7 heteroatoms. The molecule has 3 aromatic rings. The summed E-state index contributed by atoms with van der Waals surface area (Å²) >= 11 is 0. The monoisotopic (exact) mass is 432 g/mol. The Bertz CT molecular complexity index is 1180. The number of amides is 1. The van der Waals surface area contributed by atoms with Crippen molar-refractivity contribution in [1.82, 2.24) is 14.9 Å². The molecule has 2 heterocycles. The van der Waals surface area contributed by atoms with Gasteiger partial charge in [0, 0.05) is 53.8 Å². The number of benzene rings is 2. The first-order valence-electron chi connectivity index (χ1n) is 10.8. The number of fused-ring (bicyclic) bond motifs is 2. The van der Waals surface area contributed by atoms with Gasteiger partial charge in [0.15, 0.2) is 0 Å². The number of carbonyl (C=O) groups excluding carboxylic acids is 1. The summed E-state index contributed by atoms with van der Waals surface area (Å²) in [6.45, 7) is 2.48. The van der Waals surface area contributed by atoms with E-state index in [1.54, 1.807) is 42.5 Å². The lowest BCUT2D eigenvalue weighted by molar-refractivity contribution is 0.0682. The van der Waals surface area contributed by atoms with Crippen LogP contribution < -0.4 is 4.90 Å². The fraction of sp³-hybridized carbons (Fsp3) is 0.320. The maximum absolute atomic E-state index is 14.1. The lowest BCUT2D eigenvalue weighted by Gasteiger charge is -2.24. The number of rotatable bonds is 5. The van der Waals surface area contributed by atoms with Crippen LogP contribution in [0.3, 0.4) is 0 Å². The molecule has 0 saturated heterocycles. The number of halogens is 1. The molecule has 1 fully saturated rings. The molecule has 32 heavy (non-hydrogen) atoms. The minimum atomic E-state index is -0.309. The molecule has 164 valence electrons. The molecule has 1 saturated carbocycles. The fourth-order valence-electron chi connectivity index (χ4n) is 4.39. The molecule has 5 rings (SSSR count). The van der Waals surface area contributed by atoms with Gasteiger partial charge in [-0.1, -0.05) is 24.3 Å². The number of hydrogen-bond donors (Lipinski definition) is 1. The van der Waals surface area contributed by atoms with Crippen LogP contribution in [0.1, 0.15) is 35.7 Å². The van der Waals surface area contributed by atoms with Crippen molar-refractivity contribution in [3.63, 3.8) is 0 Å². The predicted molar refractivity (Wildman–Crippen MR) is 120 cm³/mol. The summed E-state index contributed by atoms with van der Waals surface area (Å²) in [5.74, 6) is 0.0929. The molecular weight excluding hydrogens is 407 g/mol. The average molecular weight is 432 g/mol. The maximum Gasteiger partial charge on any atom is 0.253 e. The number of aliphatic hydroxyl groups is 1. The number of likely N-dealkylation sites (N-methyl/N-ethyl adjacent to an activating group) is 1. The molecule has 1 N–H and O–H groups in total. The average Bonchev–Trinajstić information content (AvgIpc) is 3.54. The predicted octanol–water partition coefficient (Wildman–Crippen LogP) is 3.92. The van der Waals surface area contributed by atoms with Crippen LogP contribution in [0.4, 0.5) is 16.0 Å². The van der Waals surface area contributed by atoms with Crippen LogP contribution in [-0.2, 0) is 5.41 Å². The summed E-state index contributed by atoms with van der Waals surface area (Å²) in [6.07, 6.45) is 5.48.